The van der Waals surface area contributed by atoms with Crippen molar-refractivity contribution >= 4 is 17.4 Å². The van der Waals surface area contributed by atoms with E-state index >= 15 is 0 Å². The molecular weight excluding hydrogens is 348 g/mol. The molecule has 0 unspecified atom stereocenters. The summed E-state index contributed by atoms with van der Waals surface area (Å²) in [6.07, 6.45) is 1.54. The summed E-state index contributed by atoms with van der Waals surface area (Å²) < 4.78 is 5.69. The van der Waals surface area contributed by atoms with E-state index in [9.17, 15) is 14.9 Å². The van der Waals surface area contributed by atoms with Crippen LogP contribution >= 0.6 is 0 Å². The molecule has 1 aromatic carbocycles. The number of ether oxygens (including phenoxy) is 1. The summed E-state index contributed by atoms with van der Waals surface area (Å²) in [7, 11) is 0. The van der Waals surface area contributed by atoms with Gasteiger partial charge in [-0.25, -0.2) is 4.98 Å². The van der Waals surface area contributed by atoms with E-state index in [-0.39, 0.29) is 18.2 Å². The highest BCUT2D eigenvalue weighted by Gasteiger charge is 2.26. The number of carbonyl (C=O) groups is 1. The molecule has 0 N–H and O–H groups in total. The highest BCUT2D eigenvalue weighted by molar-refractivity contribution is 5.78. The minimum Gasteiger partial charge on any atom is -0.483 e. The van der Waals surface area contributed by atoms with Gasteiger partial charge in [-0.3, -0.25) is 14.9 Å². The lowest BCUT2D eigenvalue weighted by atomic mass is 10.1. The lowest BCUT2D eigenvalue weighted by Crippen LogP contribution is -2.50. The number of nitrogens with zero attached hydrogens (tertiary/aromatic N) is 4. The van der Waals surface area contributed by atoms with Crippen molar-refractivity contribution in [1.82, 2.24) is 9.88 Å². The van der Waals surface area contributed by atoms with E-state index in [2.05, 4.69) is 4.98 Å². The summed E-state index contributed by atoms with van der Waals surface area (Å²) >= 11 is 0. The number of nitro groups is 1. The Balaban J connectivity index is 1.57. The molecule has 8 heteroatoms. The van der Waals surface area contributed by atoms with Crippen LogP contribution in [0.1, 0.15) is 11.1 Å². The molecular formula is C19H22N4O4. The first-order valence-corrected chi connectivity index (χ1v) is 8.78. The van der Waals surface area contributed by atoms with Crippen LogP contribution < -0.4 is 9.64 Å². The molecule has 3 rings (SSSR count). The second-order valence-corrected chi connectivity index (χ2v) is 6.46. The molecule has 8 nitrogen and oxygen atoms in total. The number of hydrogen-bond donors (Lipinski definition) is 0. The Kier molecular flexibility index (Phi) is 5.54. The Morgan fingerprint density at radius 2 is 1.93 bits per heavy atom. The first-order valence-electron chi connectivity index (χ1n) is 8.78. The molecule has 1 amide bonds. The first kappa shape index (κ1) is 18.6. The van der Waals surface area contributed by atoms with Crippen LogP contribution in [0.5, 0.6) is 5.75 Å². The quantitative estimate of drug-likeness (QED) is 0.593. The van der Waals surface area contributed by atoms with Crippen LogP contribution in [0.3, 0.4) is 0 Å². The predicted molar refractivity (Wildman–Crippen MR) is 101 cm³/mol. The van der Waals surface area contributed by atoms with Crippen LogP contribution in [-0.2, 0) is 4.79 Å². The van der Waals surface area contributed by atoms with Crippen LogP contribution in [0, 0.1) is 24.0 Å². The van der Waals surface area contributed by atoms with Gasteiger partial charge in [-0.15, -0.1) is 0 Å². The zero-order valence-corrected chi connectivity index (χ0v) is 15.4. The van der Waals surface area contributed by atoms with E-state index in [1.165, 1.54) is 12.3 Å². The van der Waals surface area contributed by atoms with Crippen LogP contribution in [0.25, 0.3) is 0 Å². The predicted octanol–water partition coefficient (Wildman–Crippen LogP) is 2.33. The molecule has 2 aromatic rings. The lowest BCUT2D eigenvalue weighted by Gasteiger charge is -2.35. The van der Waals surface area contributed by atoms with Gasteiger partial charge in [-0.2, -0.15) is 0 Å². The third-order valence-corrected chi connectivity index (χ3v) is 4.80. The van der Waals surface area contributed by atoms with Gasteiger partial charge >= 0.3 is 5.69 Å². The highest BCUT2D eigenvalue weighted by atomic mass is 16.6. The smallest absolute Gasteiger partial charge is 0.311 e. The largest absolute Gasteiger partial charge is 0.483 e. The Morgan fingerprint density at radius 3 is 2.63 bits per heavy atom. The minimum absolute atomic E-state index is 0.0180. The third-order valence-electron chi connectivity index (χ3n) is 4.80. The SMILES string of the molecule is Cc1cccc(OCC(=O)N2CCN(c3ncccc3[N+](=O)[O-])CC2)c1C. The van der Waals surface area contributed by atoms with Gasteiger partial charge in [0.1, 0.15) is 5.75 Å². The monoisotopic (exact) mass is 370 g/mol. The third kappa shape index (κ3) is 4.16. The van der Waals surface area contributed by atoms with Gasteiger partial charge in [-0.1, -0.05) is 12.1 Å². The second kappa shape index (κ2) is 8.03. The number of hydrogen-bond acceptors (Lipinski definition) is 6. The Morgan fingerprint density at radius 1 is 1.19 bits per heavy atom. The van der Waals surface area contributed by atoms with Crippen LogP contribution in [0.2, 0.25) is 0 Å². The molecule has 0 bridgehead atoms. The zero-order chi connectivity index (χ0) is 19.4. The average Bonchev–Trinajstić information content (AvgIpc) is 2.69. The summed E-state index contributed by atoms with van der Waals surface area (Å²) in [5.41, 5.74) is 2.12. The fourth-order valence-corrected chi connectivity index (χ4v) is 3.05. The molecule has 0 saturated carbocycles. The standard InChI is InChI=1S/C19H22N4O4/c1-14-5-3-7-17(15(14)2)27-13-18(24)21-9-11-22(12-10-21)19-16(23(25)26)6-4-8-20-19/h3-8H,9-13H2,1-2H3. The summed E-state index contributed by atoms with van der Waals surface area (Å²) in [4.78, 5) is 30.9. The number of carbonyl (C=O) groups excluding carboxylic acids is 1. The van der Waals surface area contributed by atoms with E-state index in [1.54, 1.807) is 11.0 Å². The van der Waals surface area contributed by atoms with Gasteiger partial charge in [0, 0.05) is 38.4 Å². The molecule has 1 aliphatic rings. The van der Waals surface area contributed by atoms with Gasteiger partial charge in [0.25, 0.3) is 5.91 Å². The van der Waals surface area contributed by atoms with Crippen LogP contribution in [0.15, 0.2) is 36.5 Å². The van der Waals surface area contributed by atoms with Crippen molar-refractivity contribution in [2.75, 3.05) is 37.7 Å². The number of pyridine rings is 1. The molecule has 0 atom stereocenters. The Bertz CT molecular complexity index is 847. The fourth-order valence-electron chi connectivity index (χ4n) is 3.05. The summed E-state index contributed by atoms with van der Waals surface area (Å²) in [5.74, 6) is 0.971. The zero-order valence-electron chi connectivity index (χ0n) is 15.4. The van der Waals surface area contributed by atoms with Crippen LogP contribution in [-0.4, -0.2) is 53.5 Å². The molecule has 27 heavy (non-hydrogen) atoms. The van der Waals surface area contributed by atoms with Gasteiger partial charge in [-0.05, 0) is 37.1 Å². The van der Waals surface area contributed by atoms with Crippen molar-refractivity contribution in [1.29, 1.82) is 0 Å². The van der Waals surface area contributed by atoms with E-state index in [0.717, 1.165) is 11.1 Å². The number of piperazine rings is 1. The molecule has 1 aromatic heterocycles. The number of anilines is 1. The highest BCUT2D eigenvalue weighted by Crippen LogP contribution is 2.26. The summed E-state index contributed by atoms with van der Waals surface area (Å²) in [5, 5.41) is 11.2. The first-order chi connectivity index (χ1) is 13.0. The number of benzene rings is 1. The van der Waals surface area contributed by atoms with Crippen molar-refractivity contribution in [3.63, 3.8) is 0 Å². The van der Waals surface area contributed by atoms with Crippen molar-refractivity contribution in [3.8, 4) is 5.75 Å². The lowest BCUT2D eigenvalue weighted by molar-refractivity contribution is -0.384. The summed E-state index contributed by atoms with van der Waals surface area (Å²) in [6.45, 7) is 5.88. The number of rotatable bonds is 5. The number of amides is 1. The average molecular weight is 370 g/mol. The Labute approximate surface area is 157 Å². The topological polar surface area (TPSA) is 88.8 Å². The Hall–Kier alpha value is -3.16. The number of aryl methyl sites for hydroxylation is 1. The number of aromatic nitrogens is 1. The molecule has 0 aliphatic carbocycles. The van der Waals surface area contributed by atoms with Gasteiger partial charge < -0.3 is 14.5 Å². The molecule has 142 valence electrons. The molecule has 0 spiro atoms. The molecule has 1 saturated heterocycles. The van der Waals surface area contributed by atoms with Crippen molar-refractivity contribution in [2.45, 2.75) is 13.8 Å². The fraction of sp³-hybridized carbons (Fsp3) is 0.368. The second-order valence-electron chi connectivity index (χ2n) is 6.46. The maximum atomic E-state index is 12.4. The molecule has 1 fully saturated rings. The molecule has 1 aliphatic heterocycles. The molecule has 0 radical (unpaired) electrons. The van der Waals surface area contributed by atoms with E-state index < -0.39 is 4.92 Å². The maximum absolute atomic E-state index is 12.4. The normalized spacial score (nSPS) is 14.1. The van der Waals surface area contributed by atoms with E-state index in [4.69, 9.17) is 4.74 Å². The van der Waals surface area contributed by atoms with E-state index in [0.29, 0.717) is 37.7 Å². The van der Waals surface area contributed by atoms with Crippen LogP contribution in [0.4, 0.5) is 11.5 Å². The summed E-state index contributed by atoms with van der Waals surface area (Å²) in [6, 6.07) is 8.75. The van der Waals surface area contributed by atoms with Gasteiger partial charge in [0.05, 0.1) is 4.92 Å². The van der Waals surface area contributed by atoms with Crippen molar-refractivity contribution in [2.24, 2.45) is 0 Å². The van der Waals surface area contributed by atoms with Crippen molar-refractivity contribution in [3.05, 3.63) is 57.8 Å². The van der Waals surface area contributed by atoms with E-state index in [1.807, 2.05) is 36.9 Å². The van der Waals surface area contributed by atoms with Crippen molar-refractivity contribution < 1.29 is 14.5 Å². The van der Waals surface area contributed by atoms with Gasteiger partial charge in [0.15, 0.2) is 6.61 Å². The molecule has 2 heterocycles. The minimum atomic E-state index is -0.433. The maximum Gasteiger partial charge on any atom is 0.311 e. The van der Waals surface area contributed by atoms with Gasteiger partial charge in [0.2, 0.25) is 5.82 Å².